The van der Waals surface area contributed by atoms with E-state index in [-0.39, 0.29) is 30.1 Å². The minimum atomic E-state index is -2.85. The Balaban J connectivity index is 0.000000400. The van der Waals surface area contributed by atoms with Crippen LogP contribution in [0.4, 0.5) is 13.2 Å². The Morgan fingerprint density at radius 3 is 1.41 bits per heavy atom. The topological polar surface area (TPSA) is 57.1 Å². The van der Waals surface area contributed by atoms with Crippen LogP contribution in [0.1, 0.15) is 130 Å². The zero-order valence-corrected chi connectivity index (χ0v) is 46.0. The van der Waals surface area contributed by atoms with Gasteiger partial charge in [-0.3, -0.25) is 15.0 Å². The van der Waals surface area contributed by atoms with E-state index in [1.807, 2.05) is 113 Å². The maximum absolute atomic E-state index is 12.3. The number of halogens is 4. The second kappa shape index (κ2) is 38.7. The molecule has 0 amide bonds. The molecule has 1 aliphatic carbocycles. The summed E-state index contributed by atoms with van der Waals surface area (Å²) in [6, 6.07) is 43.4. The molecule has 3 fully saturated rings. The molecular formula is C62H87ClF3N3O2. The zero-order valence-electron chi connectivity index (χ0n) is 45.2. The summed E-state index contributed by atoms with van der Waals surface area (Å²) in [4.78, 5) is 12.4. The summed E-state index contributed by atoms with van der Waals surface area (Å²) >= 11 is 5.84. The lowest BCUT2D eigenvalue weighted by Crippen LogP contribution is -2.30. The van der Waals surface area contributed by atoms with E-state index in [4.69, 9.17) is 16.3 Å². The first-order valence-corrected chi connectivity index (χ1v) is 25.9. The molecule has 9 heteroatoms. The van der Waals surface area contributed by atoms with Crippen molar-refractivity contribution in [2.45, 2.75) is 152 Å². The fourth-order valence-electron chi connectivity index (χ4n) is 6.91. The molecule has 2 aliphatic heterocycles. The van der Waals surface area contributed by atoms with Crippen molar-refractivity contribution in [2.75, 3.05) is 19.8 Å². The van der Waals surface area contributed by atoms with Crippen molar-refractivity contribution >= 4 is 11.6 Å². The second-order valence-corrected chi connectivity index (χ2v) is 19.3. The van der Waals surface area contributed by atoms with Crippen molar-refractivity contribution in [1.82, 2.24) is 15.0 Å². The third-order valence-electron chi connectivity index (χ3n) is 11.4. The largest absolute Gasteiger partial charge is 0.380 e. The molecule has 6 aromatic rings. The molecule has 390 valence electrons. The van der Waals surface area contributed by atoms with Crippen LogP contribution in [0.3, 0.4) is 0 Å². The van der Waals surface area contributed by atoms with E-state index in [1.165, 1.54) is 60.6 Å². The van der Waals surface area contributed by atoms with Gasteiger partial charge in [0.15, 0.2) is 0 Å². The first-order chi connectivity index (χ1) is 33.8. The molecule has 3 aromatic carbocycles. The lowest BCUT2D eigenvalue weighted by Gasteiger charge is -2.26. The van der Waals surface area contributed by atoms with E-state index in [1.54, 1.807) is 25.3 Å². The fraction of sp³-hybridized carbons (Fsp3) is 0.468. The SMILES string of the molecule is CC1CCCCC1.CCc1cccc(C)n1.C[C@@H]1CCOC(F)(F)C1.C[C@@H]1CCOCC1Cl.Cc1cccc(C)c1.Cc1cccc(C)n1.Cc1ccccc1.Cc1ccccc1F.Cc1ccccn1. The summed E-state index contributed by atoms with van der Waals surface area (Å²) in [5.41, 5.74) is 10.2. The Hall–Kier alpha value is -4.89. The number of pyridine rings is 3. The van der Waals surface area contributed by atoms with Gasteiger partial charge >= 0.3 is 6.11 Å². The molecule has 3 aromatic heterocycles. The van der Waals surface area contributed by atoms with E-state index in [2.05, 4.69) is 97.6 Å². The molecule has 1 saturated carbocycles. The van der Waals surface area contributed by atoms with Crippen LogP contribution in [0.25, 0.3) is 0 Å². The zero-order chi connectivity index (χ0) is 52.9. The van der Waals surface area contributed by atoms with Crippen LogP contribution in [0, 0.1) is 79.0 Å². The van der Waals surface area contributed by atoms with Crippen LogP contribution in [0.2, 0.25) is 0 Å². The van der Waals surface area contributed by atoms with Crippen LogP contribution < -0.4 is 0 Å². The molecule has 0 bridgehead atoms. The number of ether oxygens (including phenoxy) is 2. The Labute approximate surface area is 433 Å². The first kappa shape index (κ1) is 64.1. The lowest BCUT2D eigenvalue weighted by atomic mass is 9.91. The highest BCUT2D eigenvalue weighted by molar-refractivity contribution is 6.20. The van der Waals surface area contributed by atoms with Gasteiger partial charge in [0.1, 0.15) is 5.82 Å². The van der Waals surface area contributed by atoms with Gasteiger partial charge in [0.05, 0.1) is 18.6 Å². The third kappa shape index (κ3) is 35.8. The van der Waals surface area contributed by atoms with Gasteiger partial charge in [-0.1, -0.05) is 167 Å². The maximum Gasteiger partial charge on any atom is 0.355 e. The smallest absolute Gasteiger partial charge is 0.355 e. The summed E-state index contributed by atoms with van der Waals surface area (Å²) in [5.74, 6) is 1.65. The maximum atomic E-state index is 12.3. The summed E-state index contributed by atoms with van der Waals surface area (Å²) in [5, 5.41) is 0.253. The fourth-order valence-corrected chi connectivity index (χ4v) is 7.12. The molecule has 71 heavy (non-hydrogen) atoms. The van der Waals surface area contributed by atoms with Crippen LogP contribution in [-0.2, 0) is 15.9 Å². The van der Waals surface area contributed by atoms with Gasteiger partial charge < -0.3 is 9.47 Å². The van der Waals surface area contributed by atoms with E-state index < -0.39 is 6.11 Å². The number of rotatable bonds is 1. The number of hydrogen-bond acceptors (Lipinski definition) is 5. The van der Waals surface area contributed by atoms with E-state index in [0.717, 1.165) is 61.2 Å². The summed E-state index contributed by atoms with van der Waals surface area (Å²) in [6.45, 7) is 26.3. The monoisotopic (exact) mass is 998 g/mol. The highest BCUT2D eigenvalue weighted by Gasteiger charge is 2.35. The Morgan fingerprint density at radius 2 is 1.10 bits per heavy atom. The second-order valence-electron chi connectivity index (χ2n) is 18.8. The number of aryl methyl sites for hydroxylation is 9. The van der Waals surface area contributed by atoms with Crippen molar-refractivity contribution < 1.29 is 22.6 Å². The Kier molecular flexibility index (Phi) is 35.0. The van der Waals surface area contributed by atoms with Gasteiger partial charge in [0.25, 0.3) is 0 Å². The van der Waals surface area contributed by atoms with Crippen molar-refractivity contribution in [1.29, 1.82) is 0 Å². The van der Waals surface area contributed by atoms with Gasteiger partial charge in [-0.05, 0) is 140 Å². The van der Waals surface area contributed by atoms with Gasteiger partial charge in [-0.15, -0.1) is 11.6 Å². The number of hydrogen-bond donors (Lipinski definition) is 0. The molecule has 3 atom stereocenters. The van der Waals surface area contributed by atoms with Gasteiger partial charge in [-0.25, -0.2) is 4.39 Å². The summed E-state index contributed by atoms with van der Waals surface area (Å²) in [6.07, 6.45) is 9.16. The van der Waals surface area contributed by atoms with Crippen molar-refractivity contribution in [3.8, 4) is 0 Å². The molecule has 5 heterocycles. The predicted octanol–water partition coefficient (Wildman–Crippen LogP) is 17.7. The molecule has 3 aliphatic rings. The molecule has 9 rings (SSSR count). The highest BCUT2D eigenvalue weighted by atomic mass is 35.5. The summed E-state index contributed by atoms with van der Waals surface area (Å²) < 4.78 is 46.1. The number of benzene rings is 3. The van der Waals surface area contributed by atoms with Crippen molar-refractivity contribution in [2.24, 2.45) is 17.8 Å². The van der Waals surface area contributed by atoms with Crippen molar-refractivity contribution in [3.63, 3.8) is 0 Å². The average Bonchev–Trinajstić information content (AvgIpc) is 3.33. The molecular weight excluding hydrogens is 911 g/mol. The van der Waals surface area contributed by atoms with E-state index in [9.17, 15) is 13.2 Å². The van der Waals surface area contributed by atoms with Crippen LogP contribution >= 0.6 is 11.6 Å². The normalized spacial score (nSPS) is 17.4. The highest BCUT2D eigenvalue weighted by Crippen LogP contribution is 2.31. The van der Waals surface area contributed by atoms with E-state index >= 15 is 0 Å². The van der Waals surface area contributed by atoms with Crippen molar-refractivity contribution in [3.05, 3.63) is 196 Å². The van der Waals surface area contributed by atoms with Gasteiger partial charge in [0, 0.05) is 47.7 Å². The minimum absolute atomic E-state index is 0.105. The standard InChI is InChI=1S/C8H11N.C8H10.C7H7F.C7H9N.C7H14.C7H8.C6H11ClO.C6H10F2O.C6H7N/c1-3-8-6-4-5-7(2)9-8;1-7-4-3-5-8(2)6-7;1-6-4-2-3-5-7(6)8;1-6-4-3-5-7(2)8-6;2*1-7-5-3-2-4-6-7;1-5-2-3-8-4-6(5)7;1-5-2-3-9-6(7,8)4-5;1-6-4-2-3-5-7-6/h4-6H,3H2,1-2H3;3-6H,1-2H3;2-5H,1H3;3-5H,1-2H3;7H,2-6H2,1H3;2-6H,1H3;5-6H,2-4H2,1H3;5H,2-4H2,1H3;2-5H,1H3/t;;;;;;5-,6?;5-;/m......11./s1. The minimum Gasteiger partial charge on any atom is -0.380 e. The molecule has 2 saturated heterocycles. The van der Waals surface area contributed by atoms with Crippen LogP contribution in [0.5, 0.6) is 0 Å². The molecule has 0 radical (unpaired) electrons. The molecule has 5 nitrogen and oxygen atoms in total. The number of aromatic nitrogens is 3. The van der Waals surface area contributed by atoms with Crippen LogP contribution in [0.15, 0.2) is 140 Å². The summed E-state index contributed by atoms with van der Waals surface area (Å²) in [7, 11) is 0. The molecule has 0 N–H and O–H groups in total. The molecule has 1 unspecified atom stereocenters. The van der Waals surface area contributed by atoms with Crippen LogP contribution in [-0.4, -0.2) is 46.3 Å². The van der Waals surface area contributed by atoms with Gasteiger partial charge in [0.2, 0.25) is 0 Å². The number of nitrogens with zero attached hydrogens (tertiary/aromatic N) is 3. The Morgan fingerprint density at radius 1 is 0.563 bits per heavy atom. The molecule has 0 spiro atoms. The van der Waals surface area contributed by atoms with E-state index in [0.29, 0.717) is 11.5 Å². The quantitative estimate of drug-likeness (QED) is 0.154. The third-order valence-corrected chi connectivity index (χ3v) is 11.9. The number of alkyl halides is 3. The predicted molar refractivity (Wildman–Crippen MR) is 295 cm³/mol. The Bertz CT molecular complexity index is 2060. The van der Waals surface area contributed by atoms with Gasteiger partial charge in [-0.2, -0.15) is 8.78 Å². The lowest BCUT2D eigenvalue weighted by molar-refractivity contribution is -0.266. The average molecular weight is 999 g/mol. The first-order valence-electron chi connectivity index (χ1n) is 25.5.